The van der Waals surface area contributed by atoms with Gasteiger partial charge in [-0.25, -0.2) is 0 Å². The molecule has 0 aliphatic rings. The summed E-state index contributed by atoms with van der Waals surface area (Å²) in [4.78, 5) is 10.4. The van der Waals surface area contributed by atoms with Crippen LogP contribution >= 0.6 is 0 Å². The highest BCUT2D eigenvalue weighted by atomic mass is 16.1. The molecule has 0 aromatic carbocycles. The summed E-state index contributed by atoms with van der Waals surface area (Å²) in [5, 5.41) is 5.89. The fourth-order valence-corrected chi connectivity index (χ4v) is 0.705. The predicted molar refractivity (Wildman–Crippen MR) is 51.0 cm³/mol. The molecule has 0 aromatic heterocycles. The summed E-state index contributed by atoms with van der Waals surface area (Å²) in [6, 6.07) is 0. The third kappa shape index (κ3) is 9.17. The van der Waals surface area contributed by atoms with Crippen molar-refractivity contribution in [2.24, 2.45) is 0 Å². The van der Waals surface area contributed by atoms with Gasteiger partial charge >= 0.3 is 0 Å². The minimum absolute atomic E-state index is 0.0269. The zero-order valence-corrected chi connectivity index (χ0v) is 8.11. The van der Waals surface area contributed by atoms with E-state index >= 15 is 0 Å². The first-order valence-electron chi connectivity index (χ1n) is 4.21. The monoisotopic (exact) mass is 170 g/mol. The maximum absolute atomic E-state index is 10.4. The number of hydrogen-bond donors (Lipinski definition) is 2. The lowest BCUT2D eigenvalue weighted by Crippen LogP contribution is -2.30. The molecule has 0 heterocycles. The summed E-state index contributed by atoms with van der Waals surface area (Å²) in [7, 11) is 0. The van der Waals surface area contributed by atoms with Gasteiger partial charge in [-0.1, -0.05) is 11.6 Å². The van der Waals surface area contributed by atoms with Crippen molar-refractivity contribution in [2.45, 2.75) is 20.8 Å². The summed E-state index contributed by atoms with van der Waals surface area (Å²) in [5.74, 6) is 0.0269. The molecule has 70 valence electrons. The summed E-state index contributed by atoms with van der Waals surface area (Å²) in [6.07, 6.45) is 2.12. The van der Waals surface area contributed by atoms with Gasteiger partial charge in [0.15, 0.2) is 0 Å². The molecule has 0 radical (unpaired) electrons. The highest BCUT2D eigenvalue weighted by molar-refractivity contribution is 5.72. The molecule has 0 aliphatic heterocycles. The molecular weight excluding hydrogens is 152 g/mol. The van der Waals surface area contributed by atoms with Gasteiger partial charge in [0, 0.05) is 26.6 Å². The molecule has 0 bridgehead atoms. The molecule has 0 aliphatic carbocycles. The fourth-order valence-electron chi connectivity index (χ4n) is 0.705. The van der Waals surface area contributed by atoms with Crippen LogP contribution in [0, 0.1) is 0 Å². The van der Waals surface area contributed by atoms with E-state index in [9.17, 15) is 4.79 Å². The second-order valence-corrected chi connectivity index (χ2v) is 2.97. The zero-order chi connectivity index (χ0) is 9.40. The maximum atomic E-state index is 10.4. The number of nitrogens with one attached hydrogen (secondary N) is 2. The first-order chi connectivity index (χ1) is 5.63. The molecule has 0 rings (SSSR count). The van der Waals surface area contributed by atoms with Crippen molar-refractivity contribution < 1.29 is 4.79 Å². The van der Waals surface area contributed by atoms with Gasteiger partial charge in [-0.15, -0.1) is 0 Å². The smallest absolute Gasteiger partial charge is 0.216 e. The number of carbonyl (C=O) groups is 1. The maximum Gasteiger partial charge on any atom is 0.216 e. The van der Waals surface area contributed by atoms with Crippen molar-refractivity contribution in [3.63, 3.8) is 0 Å². The molecule has 0 aromatic rings. The lowest BCUT2D eigenvalue weighted by atomic mass is 10.3. The third-order valence-corrected chi connectivity index (χ3v) is 1.33. The number of hydrogen-bond acceptors (Lipinski definition) is 2. The van der Waals surface area contributed by atoms with Gasteiger partial charge in [0.1, 0.15) is 0 Å². The highest BCUT2D eigenvalue weighted by Gasteiger charge is 1.88. The standard InChI is InChI=1S/C9H18N2O/c1-8(2)4-5-10-6-7-11-9(3)12/h4,10H,5-7H2,1-3H3,(H,11,12). The Bertz CT molecular complexity index is 160. The second kappa shape index (κ2) is 6.85. The third-order valence-electron chi connectivity index (χ3n) is 1.33. The molecule has 0 saturated heterocycles. The van der Waals surface area contributed by atoms with Crippen molar-refractivity contribution in [2.75, 3.05) is 19.6 Å². The van der Waals surface area contributed by atoms with Gasteiger partial charge in [0.05, 0.1) is 0 Å². The summed E-state index contributed by atoms with van der Waals surface area (Å²) in [5.41, 5.74) is 1.31. The minimum Gasteiger partial charge on any atom is -0.355 e. The average Bonchev–Trinajstić information content (AvgIpc) is 1.95. The van der Waals surface area contributed by atoms with Crippen LogP contribution in [0.2, 0.25) is 0 Å². The number of carbonyl (C=O) groups excluding carboxylic acids is 1. The van der Waals surface area contributed by atoms with Crippen LogP contribution in [0.5, 0.6) is 0 Å². The lowest BCUT2D eigenvalue weighted by molar-refractivity contribution is -0.118. The summed E-state index contributed by atoms with van der Waals surface area (Å²) >= 11 is 0. The van der Waals surface area contributed by atoms with Gasteiger partial charge in [-0.3, -0.25) is 4.79 Å². The lowest BCUT2D eigenvalue weighted by Gasteiger charge is -2.02. The average molecular weight is 170 g/mol. The minimum atomic E-state index is 0.0269. The molecule has 0 atom stereocenters. The van der Waals surface area contributed by atoms with Crippen LogP contribution in [0.4, 0.5) is 0 Å². The quantitative estimate of drug-likeness (QED) is 0.470. The van der Waals surface area contributed by atoms with Crippen LogP contribution in [0.25, 0.3) is 0 Å². The molecule has 3 nitrogen and oxygen atoms in total. The number of amides is 1. The van der Waals surface area contributed by atoms with Crippen molar-refractivity contribution in [3.8, 4) is 0 Å². The van der Waals surface area contributed by atoms with Crippen molar-refractivity contribution in [1.82, 2.24) is 10.6 Å². The van der Waals surface area contributed by atoms with E-state index < -0.39 is 0 Å². The Hall–Kier alpha value is -0.830. The molecule has 3 heteroatoms. The van der Waals surface area contributed by atoms with Crippen LogP contribution < -0.4 is 10.6 Å². The van der Waals surface area contributed by atoms with Gasteiger partial charge in [0.25, 0.3) is 0 Å². The number of allylic oxidation sites excluding steroid dienone is 1. The van der Waals surface area contributed by atoms with Crippen LogP contribution in [-0.4, -0.2) is 25.5 Å². The fraction of sp³-hybridized carbons (Fsp3) is 0.667. The Morgan fingerprint density at radius 3 is 2.42 bits per heavy atom. The molecule has 0 spiro atoms. The number of rotatable bonds is 5. The van der Waals surface area contributed by atoms with E-state index in [4.69, 9.17) is 0 Å². The van der Waals surface area contributed by atoms with Crippen molar-refractivity contribution in [1.29, 1.82) is 0 Å². The van der Waals surface area contributed by atoms with Crippen molar-refractivity contribution in [3.05, 3.63) is 11.6 Å². The van der Waals surface area contributed by atoms with Gasteiger partial charge in [0.2, 0.25) is 5.91 Å². The van der Waals surface area contributed by atoms with E-state index in [0.29, 0.717) is 6.54 Å². The Labute approximate surface area is 74.2 Å². The normalized spacial score (nSPS) is 9.25. The Balaban J connectivity index is 3.11. The highest BCUT2D eigenvalue weighted by Crippen LogP contribution is 1.84. The van der Waals surface area contributed by atoms with E-state index in [1.54, 1.807) is 0 Å². The van der Waals surface area contributed by atoms with Gasteiger partial charge in [-0.05, 0) is 13.8 Å². The van der Waals surface area contributed by atoms with E-state index in [1.807, 2.05) is 0 Å². The largest absolute Gasteiger partial charge is 0.355 e. The molecule has 0 fully saturated rings. The van der Waals surface area contributed by atoms with E-state index in [1.165, 1.54) is 12.5 Å². The van der Waals surface area contributed by atoms with Crippen LogP contribution in [0.1, 0.15) is 20.8 Å². The molecule has 1 amide bonds. The summed E-state index contributed by atoms with van der Waals surface area (Å²) < 4.78 is 0. The Morgan fingerprint density at radius 2 is 1.92 bits per heavy atom. The predicted octanol–water partition coefficient (Wildman–Crippen LogP) is 0.678. The first kappa shape index (κ1) is 11.2. The second-order valence-electron chi connectivity index (χ2n) is 2.97. The molecule has 12 heavy (non-hydrogen) atoms. The van der Waals surface area contributed by atoms with Crippen molar-refractivity contribution >= 4 is 5.91 Å². The summed E-state index contributed by atoms with van der Waals surface area (Å²) in [6.45, 7) is 8.05. The Kier molecular flexibility index (Phi) is 6.38. The Morgan fingerprint density at radius 1 is 1.25 bits per heavy atom. The zero-order valence-electron chi connectivity index (χ0n) is 8.11. The van der Waals surface area contributed by atoms with Crippen LogP contribution in [0.15, 0.2) is 11.6 Å². The van der Waals surface area contributed by atoms with Crippen LogP contribution in [-0.2, 0) is 4.79 Å². The molecular formula is C9H18N2O. The topological polar surface area (TPSA) is 41.1 Å². The molecule has 0 unspecified atom stereocenters. The van der Waals surface area contributed by atoms with E-state index in [0.717, 1.165) is 13.1 Å². The molecule has 2 N–H and O–H groups in total. The van der Waals surface area contributed by atoms with E-state index in [-0.39, 0.29) is 5.91 Å². The molecule has 0 saturated carbocycles. The van der Waals surface area contributed by atoms with Gasteiger partial charge in [-0.2, -0.15) is 0 Å². The SMILES string of the molecule is CC(=O)NCCNCC=C(C)C. The van der Waals surface area contributed by atoms with E-state index in [2.05, 4.69) is 30.6 Å². The van der Waals surface area contributed by atoms with Crippen LogP contribution in [0.3, 0.4) is 0 Å². The van der Waals surface area contributed by atoms with Gasteiger partial charge < -0.3 is 10.6 Å². The first-order valence-corrected chi connectivity index (χ1v) is 4.21.